The molecule has 2 atom stereocenters. The third-order valence-electron chi connectivity index (χ3n) is 5.05. The van der Waals surface area contributed by atoms with E-state index in [1.807, 2.05) is 24.3 Å². The van der Waals surface area contributed by atoms with E-state index in [0.717, 1.165) is 11.1 Å². The summed E-state index contributed by atoms with van der Waals surface area (Å²) in [5.74, 6) is -0.536. The first kappa shape index (κ1) is 21.2. The van der Waals surface area contributed by atoms with E-state index in [2.05, 4.69) is 10.1 Å². The van der Waals surface area contributed by atoms with Gasteiger partial charge >= 0.3 is 6.36 Å². The van der Waals surface area contributed by atoms with Crippen LogP contribution in [-0.2, 0) is 0 Å². The van der Waals surface area contributed by atoms with Gasteiger partial charge in [-0.15, -0.1) is 13.2 Å². The summed E-state index contributed by atoms with van der Waals surface area (Å²) in [5.41, 5.74) is 3.03. The van der Waals surface area contributed by atoms with Crippen LogP contribution < -0.4 is 10.1 Å². The van der Waals surface area contributed by atoms with Gasteiger partial charge in [0.2, 0.25) is 0 Å². The summed E-state index contributed by atoms with van der Waals surface area (Å²) in [5, 5.41) is 4.95. The van der Waals surface area contributed by atoms with Gasteiger partial charge in [0, 0.05) is 26.7 Å². The van der Waals surface area contributed by atoms with E-state index in [-0.39, 0.29) is 17.7 Å². The molecule has 30 heavy (non-hydrogen) atoms. The van der Waals surface area contributed by atoms with Crippen molar-refractivity contribution < 1.29 is 17.9 Å². The third-order valence-corrected chi connectivity index (χ3v) is 5.96. The average Bonchev–Trinajstić information content (AvgIpc) is 2.66. The van der Waals surface area contributed by atoms with Crippen molar-refractivity contribution in [1.29, 1.82) is 0 Å². The zero-order valence-electron chi connectivity index (χ0n) is 15.3. The van der Waals surface area contributed by atoms with Gasteiger partial charge in [0.25, 0.3) is 0 Å². The maximum atomic E-state index is 12.7. The highest BCUT2D eigenvalue weighted by atomic mass is 35.5. The monoisotopic (exact) mass is 471 g/mol. The van der Waals surface area contributed by atoms with Crippen LogP contribution in [0.2, 0.25) is 15.1 Å². The minimum atomic E-state index is -4.77. The molecule has 8 heteroatoms. The van der Waals surface area contributed by atoms with Crippen LogP contribution >= 0.6 is 34.8 Å². The number of hydrogen-bond donors (Lipinski definition) is 1. The number of rotatable bonds is 3. The molecule has 2 unspecified atom stereocenters. The summed E-state index contributed by atoms with van der Waals surface area (Å²) in [7, 11) is 0. The van der Waals surface area contributed by atoms with Crippen molar-refractivity contribution in [3.8, 4) is 5.75 Å². The molecule has 0 radical (unpaired) electrons. The highest BCUT2D eigenvalue weighted by Crippen LogP contribution is 2.47. The molecule has 0 saturated carbocycles. The first-order valence-corrected chi connectivity index (χ1v) is 10.2. The van der Waals surface area contributed by atoms with Gasteiger partial charge in [0.1, 0.15) is 5.75 Å². The second kappa shape index (κ2) is 8.22. The molecule has 0 saturated heterocycles. The molecule has 3 aromatic carbocycles. The molecular formula is C22H15Cl3F3NO. The molecule has 0 bridgehead atoms. The Bertz CT molecular complexity index is 1090. The van der Waals surface area contributed by atoms with Crippen molar-refractivity contribution in [2.45, 2.75) is 24.7 Å². The van der Waals surface area contributed by atoms with Gasteiger partial charge in [-0.05, 0) is 59.5 Å². The van der Waals surface area contributed by atoms with Crippen LogP contribution in [0, 0.1) is 0 Å². The number of nitrogens with one attached hydrogen (secondary N) is 1. The Morgan fingerprint density at radius 2 is 1.60 bits per heavy atom. The molecule has 1 N–H and O–H groups in total. The first-order chi connectivity index (χ1) is 14.2. The highest BCUT2D eigenvalue weighted by Gasteiger charge is 2.34. The van der Waals surface area contributed by atoms with Gasteiger partial charge in [-0.25, -0.2) is 0 Å². The molecule has 0 fully saturated rings. The molecule has 0 aliphatic carbocycles. The van der Waals surface area contributed by atoms with Crippen LogP contribution in [0.5, 0.6) is 5.75 Å². The van der Waals surface area contributed by atoms with E-state index < -0.39 is 6.36 Å². The lowest BCUT2D eigenvalue weighted by Crippen LogP contribution is -2.23. The zero-order valence-corrected chi connectivity index (χ0v) is 17.6. The van der Waals surface area contributed by atoms with Crippen LogP contribution in [0.15, 0.2) is 60.7 Å². The molecule has 0 spiro atoms. The van der Waals surface area contributed by atoms with Gasteiger partial charge in [-0.3, -0.25) is 0 Å². The Morgan fingerprint density at radius 1 is 0.833 bits per heavy atom. The normalized spacial score (nSPS) is 18.5. The van der Waals surface area contributed by atoms with Crippen LogP contribution in [0.3, 0.4) is 0 Å². The maximum absolute atomic E-state index is 12.7. The van der Waals surface area contributed by atoms with E-state index in [4.69, 9.17) is 34.8 Å². The Labute approximate surface area is 186 Å². The fourth-order valence-corrected chi connectivity index (χ4v) is 4.62. The number of hydrogen-bond acceptors (Lipinski definition) is 2. The van der Waals surface area contributed by atoms with Gasteiger partial charge in [-0.1, -0.05) is 59.1 Å². The minimum Gasteiger partial charge on any atom is -0.406 e. The second-order valence-corrected chi connectivity index (χ2v) is 8.22. The predicted molar refractivity (Wildman–Crippen MR) is 114 cm³/mol. The van der Waals surface area contributed by atoms with Crippen LogP contribution in [0.4, 0.5) is 18.9 Å². The summed E-state index contributed by atoms with van der Waals surface area (Å²) in [6.07, 6.45) is -4.23. The average molecular weight is 473 g/mol. The SMILES string of the molecule is FC(F)(F)Oc1ccc2c(c1)C(c1ccccc1Cl)CC(c1ccc(Cl)cc1Cl)N2. The van der Waals surface area contributed by atoms with Crippen molar-refractivity contribution >= 4 is 40.5 Å². The lowest BCUT2D eigenvalue weighted by Gasteiger charge is -2.35. The Morgan fingerprint density at radius 3 is 2.30 bits per heavy atom. The Kier molecular flexibility index (Phi) is 5.80. The highest BCUT2D eigenvalue weighted by molar-refractivity contribution is 6.35. The fraction of sp³-hybridized carbons (Fsp3) is 0.182. The molecule has 1 aliphatic heterocycles. The molecular weight excluding hydrogens is 458 g/mol. The Hall–Kier alpha value is -2.08. The molecule has 0 aromatic heterocycles. The minimum absolute atomic E-state index is 0.182. The number of benzene rings is 3. The molecule has 156 valence electrons. The number of alkyl halides is 3. The predicted octanol–water partition coefficient (Wildman–Crippen LogP) is 8.23. The molecule has 3 aromatic rings. The number of fused-ring (bicyclic) bond motifs is 1. The maximum Gasteiger partial charge on any atom is 0.573 e. The van der Waals surface area contributed by atoms with Gasteiger partial charge in [-0.2, -0.15) is 0 Å². The number of halogens is 6. The fourth-order valence-electron chi connectivity index (χ4n) is 3.81. The quantitative estimate of drug-likeness (QED) is 0.414. The van der Waals surface area contributed by atoms with Crippen molar-refractivity contribution in [3.05, 3.63) is 92.4 Å². The van der Waals surface area contributed by atoms with Crippen LogP contribution in [0.25, 0.3) is 0 Å². The van der Waals surface area contributed by atoms with Crippen molar-refractivity contribution in [2.24, 2.45) is 0 Å². The summed E-state index contributed by atoms with van der Waals surface area (Å²) in [6.45, 7) is 0. The number of anilines is 1. The van der Waals surface area contributed by atoms with Crippen molar-refractivity contribution in [2.75, 3.05) is 5.32 Å². The summed E-state index contributed by atoms with van der Waals surface area (Å²) >= 11 is 18.9. The first-order valence-electron chi connectivity index (χ1n) is 9.07. The lowest BCUT2D eigenvalue weighted by molar-refractivity contribution is -0.274. The largest absolute Gasteiger partial charge is 0.573 e. The standard InChI is InChI=1S/C22H15Cl3F3NO/c23-12-5-7-15(19(25)9-12)21-11-16(14-3-1-2-4-18(14)24)17-10-13(30-22(26,27)28)6-8-20(17)29-21/h1-10,16,21,29H,11H2. The lowest BCUT2D eigenvalue weighted by atomic mass is 9.80. The van der Waals surface area contributed by atoms with Crippen LogP contribution in [-0.4, -0.2) is 6.36 Å². The summed E-state index contributed by atoms with van der Waals surface area (Å²) in [6, 6.07) is 16.7. The molecule has 2 nitrogen and oxygen atoms in total. The summed E-state index contributed by atoms with van der Waals surface area (Å²) in [4.78, 5) is 0. The smallest absolute Gasteiger partial charge is 0.406 e. The van der Waals surface area contributed by atoms with Crippen molar-refractivity contribution in [3.63, 3.8) is 0 Å². The topological polar surface area (TPSA) is 21.3 Å². The Balaban J connectivity index is 1.80. The van der Waals surface area contributed by atoms with Crippen LogP contribution in [0.1, 0.15) is 35.1 Å². The molecule has 4 rings (SSSR count). The summed E-state index contributed by atoms with van der Waals surface area (Å²) < 4.78 is 42.3. The van der Waals surface area contributed by atoms with E-state index in [1.54, 1.807) is 24.3 Å². The molecule has 1 aliphatic rings. The second-order valence-electron chi connectivity index (χ2n) is 6.97. The van der Waals surface area contributed by atoms with Gasteiger partial charge in [0.15, 0.2) is 0 Å². The molecule has 1 heterocycles. The van der Waals surface area contributed by atoms with E-state index >= 15 is 0 Å². The van der Waals surface area contributed by atoms with E-state index in [9.17, 15) is 13.2 Å². The third kappa shape index (κ3) is 4.48. The van der Waals surface area contributed by atoms with Gasteiger partial charge < -0.3 is 10.1 Å². The van der Waals surface area contributed by atoms with Gasteiger partial charge in [0.05, 0.1) is 6.04 Å². The number of ether oxygens (including phenoxy) is 1. The zero-order chi connectivity index (χ0) is 21.5. The van der Waals surface area contributed by atoms with Crippen molar-refractivity contribution in [1.82, 2.24) is 0 Å². The molecule has 0 amide bonds. The van der Waals surface area contributed by atoms with E-state index in [0.29, 0.717) is 32.7 Å². The van der Waals surface area contributed by atoms with E-state index in [1.165, 1.54) is 12.1 Å².